The van der Waals surface area contributed by atoms with Gasteiger partial charge in [0.05, 0.1) is 5.75 Å². The lowest BCUT2D eigenvalue weighted by molar-refractivity contribution is 0.398. The molecular weight excluding hydrogens is 140 g/mol. The largest absolute Gasteiger partial charge is 0.388 e. The highest BCUT2D eigenvalue weighted by molar-refractivity contribution is 7.86. The van der Waals surface area contributed by atoms with E-state index in [0.717, 1.165) is 0 Å². The molecule has 3 nitrogen and oxygen atoms in total. The Morgan fingerprint density at radius 2 is 2.33 bits per heavy atom. The Kier molecular flexibility index (Phi) is 1.48. The maximum atomic E-state index is 10.6. The van der Waals surface area contributed by atoms with Gasteiger partial charge in [-0.2, -0.15) is 8.42 Å². The fourth-order valence-electron chi connectivity index (χ4n) is 0.682. The Hall–Kier alpha value is -0.510. The van der Waals surface area contributed by atoms with Crippen LogP contribution < -0.4 is 0 Å². The normalized spacial score (nSPS) is 24.3. The molecule has 0 saturated heterocycles. The molecule has 0 aromatic heterocycles. The van der Waals surface area contributed by atoms with E-state index in [1.807, 2.05) is 0 Å². The van der Waals surface area contributed by atoms with Gasteiger partial charge in [-0.05, 0) is 19.4 Å². The van der Waals surface area contributed by atoms with Gasteiger partial charge in [-0.3, -0.25) is 0 Å². The number of hydrogen-bond acceptors (Lipinski definition) is 3. The minimum atomic E-state index is -3.20. The van der Waals surface area contributed by atoms with E-state index in [2.05, 4.69) is 4.18 Å². The van der Waals surface area contributed by atoms with Crippen molar-refractivity contribution in [3.05, 3.63) is 11.8 Å². The fraction of sp³-hybridized carbons (Fsp3) is 0.600. The number of hydrogen-bond donors (Lipinski definition) is 0. The molecule has 0 unspecified atom stereocenters. The average Bonchev–Trinajstić information content (AvgIpc) is 1.60. The molecule has 1 aliphatic heterocycles. The van der Waals surface area contributed by atoms with Crippen molar-refractivity contribution in [1.29, 1.82) is 0 Å². The molecule has 0 N–H and O–H groups in total. The summed E-state index contributed by atoms with van der Waals surface area (Å²) < 4.78 is 25.7. The van der Waals surface area contributed by atoms with Gasteiger partial charge in [-0.25, -0.2) is 0 Å². The molecule has 0 bridgehead atoms. The van der Waals surface area contributed by atoms with Crippen molar-refractivity contribution >= 4 is 10.1 Å². The van der Waals surface area contributed by atoms with Crippen LogP contribution in [0.5, 0.6) is 0 Å². The van der Waals surface area contributed by atoms with Gasteiger partial charge in [0, 0.05) is 0 Å². The smallest absolute Gasteiger partial charge is 0.309 e. The summed E-state index contributed by atoms with van der Waals surface area (Å²) in [5.74, 6) is 0.603. The van der Waals surface area contributed by atoms with Crippen LogP contribution in [-0.4, -0.2) is 14.2 Å². The van der Waals surface area contributed by atoms with Gasteiger partial charge >= 0.3 is 10.1 Å². The van der Waals surface area contributed by atoms with Crippen molar-refractivity contribution < 1.29 is 12.6 Å². The summed E-state index contributed by atoms with van der Waals surface area (Å²) >= 11 is 0. The first-order valence-corrected chi connectivity index (χ1v) is 4.27. The molecule has 52 valence electrons. The lowest BCUT2D eigenvalue weighted by Crippen LogP contribution is -2.12. The predicted molar refractivity (Wildman–Crippen MR) is 33.2 cm³/mol. The van der Waals surface area contributed by atoms with Crippen LogP contribution in [0.4, 0.5) is 0 Å². The van der Waals surface area contributed by atoms with E-state index in [-0.39, 0.29) is 5.75 Å². The van der Waals surface area contributed by atoms with Gasteiger partial charge in [-0.15, -0.1) is 0 Å². The third-order valence-corrected chi connectivity index (χ3v) is 2.31. The molecule has 0 amide bonds. The van der Waals surface area contributed by atoms with Gasteiger partial charge in [0.1, 0.15) is 5.76 Å². The van der Waals surface area contributed by atoms with Crippen LogP contribution in [0.15, 0.2) is 11.8 Å². The minimum absolute atomic E-state index is 0.115. The van der Waals surface area contributed by atoms with E-state index in [0.29, 0.717) is 12.2 Å². The lowest BCUT2D eigenvalue weighted by atomic mass is 10.4. The molecule has 0 spiro atoms. The van der Waals surface area contributed by atoms with Crippen LogP contribution >= 0.6 is 0 Å². The van der Waals surface area contributed by atoms with Gasteiger partial charge in [0.2, 0.25) is 0 Å². The van der Waals surface area contributed by atoms with E-state index in [9.17, 15) is 8.42 Å². The first kappa shape index (κ1) is 6.61. The maximum Gasteiger partial charge on any atom is 0.309 e. The average molecular weight is 148 g/mol. The predicted octanol–water partition coefficient (Wildman–Crippen LogP) is 0.640. The Morgan fingerprint density at radius 3 is 2.67 bits per heavy atom. The first-order valence-electron chi connectivity index (χ1n) is 2.69. The molecule has 1 heterocycles. The van der Waals surface area contributed by atoms with Crippen LogP contribution in [0.3, 0.4) is 0 Å². The van der Waals surface area contributed by atoms with Crippen LogP contribution in [-0.2, 0) is 14.3 Å². The van der Waals surface area contributed by atoms with Crippen LogP contribution in [0.25, 0.3) is 0 Å². The highest BCUT2D eigenvalue weighted by Crippen LogP contribution is 2.11. The molecule has 0 radical (unpaired) electrons. The van der Waals surface area contributed by atoms with E-state index < -0.39 is 10.1 Å². The molecule has 0 fully saturated rings. The second-order valence-electron chi connectivity index (χ2n) is 1.95. The molecule has 0 aromatic carbocycles. The van der Waals surface area contributed by atoms with Crippen molar-refractivity contribution in [3.8, 4) is 0 Å². The molecule has 0 saturated carbocycles. The Bertz CT molecular complexity index is 225. The standard InChI is InChI=1S/C5H8O3S/c1-5-3-2-4-9(6,7)8-5/h3H,2,4H2,1H3. The van der Waals surface area contributed by atoms with E-state index in [1.165, 1.54) is 0 Å². The number of rotatable bonds is 0. The zero-order chi connectivity index (χ0) is 6.91. The summed E-state index contributed by atoms with van der Waals surface area (Å²) in [6, 6.07) is 0. The SMILES string of the molecule is CC1=CCCS(=O)(=O)O1. The van der Waals surface area contributed by atoms with Crippen LogP contribution in [0.1, 0.15) is 13.3 Å². The summed E-state index contributed by atoms with van der Waals surface area (Å²) in [6.07, 6.45) is 2.34. The summed E-state index contributed by atoms with van der Waals surface area (Å²) in [5.41, 5.74) is 0. The molecule has 0 aliphatic carbocycles. The topological polar surface area (TPSA) is 43.4 Å². The minimum Gasteiger partial charge on any atom is -0.388 e. The highest BCUT2D eigenvalue weighted by atomic mass is 32.2. The Balaban J connectivity index is 2.83. The quantitative estimate of drug-likeness (QED) is 0.473. The van der Waals surface area contributed by atoms with E-state index >= 15 is 0 Å². The number of allylic oxidation sites excluding steroid dienone is 2. The third-order valence-electron chi connectivity index (χ3n) is 1.06. The van der Waals surface area contributed by atoms with Crippen LogP contribution in [0.2, 0.25) is 0 Å². The summed E-state index contributed by atoms with van der Waals surface area (Å²) in [7, 11) is -3.20. The van der Waals surface area contributed by atoms with E-state index in [1.54, 1.807) is 13.0 Å². The summed E-state index contributed by atoms with van der Waals surface area (Å²) in [6.45, 7) is 1.64. The molecule has 1 aliphatic rings. The Morgan fingerprint density at radius 1 is 1.67 bits per heavy atom. The van der Waals surface area contributed by atoms with Crippen molar-refractivity contribution in [1.82, 2.24) is 0 Å². The van der Waals surface area contributed by atoms with Gasteiger partial charge in [0.25, 0.3) is 0 Å². The van der Waals surface area contributed by atoms with Crippen LogP contribution in [0, 0.1) is 0 Å². The molecule has 1 rings (SSSR count). The summed E-state index contributed by atoms with van der Waals surface area (Å²) in [4.78, 5) is 0. The summed E-state index contributed by atoms with van der Waals surface area (Å²) in [5, 5.41) is 0. The second kappa shape index (κ2) is 2.02. The lowest BCUT2D eigenvalue weighted by Gasteiger charge is -2.10. The molecule has 9 heavy (non-hydrogen) atoms. The third kappa shape index (κ3) is 1.71. The van der Waals surface area contributed by atoms with Crippen molar-refractivity contribution in [2.24, 2.45) is 0 Å². The molecule has 0 atom stereocenters. The highest BCUT2D eigenvalue weighted by Gasteiger charge is 2.15. The molecule has 0 aromatic rings. The molecule has 4 heteroatoms. The molecular formula is C5H8O3S. The fourth-order valence-corrected chi connectivity index (χ4v) is 1.64. The van der Waals surface area contributed by atoms with Gasteiger partial charge in [0.15, 0.2) is 0 Å². The van der Waals surface area contributed by atoms with Crippen molar-refractivity contribution in [2.75, 3.05) is 5.75 Å². The van der Waals surface area contributed by atoms with Gasteiger partial charge in [-0.1, -0.05) is 0 Å². The maximum absolute atomic E-state index is 10.6. The zero-order valence-corrected chi connectivity index (χ0v) is 5.94. The monoisotopic (exact) mass is 148 g/mol. The van der Waals surface area contributed by atoms with Crippen molar-refractivity contribution in [2.45, 2.75) is 13.3 Å². The van der Waals surface area contributed by atoms with Crippen molar-refractivity contribution in [3.63, 3.8) is 0 Å². The first-order chi connectivity index (χ1) is 4.10. The second-order valence-corrected chi connectivity index (χ2v) is 3.64. The van der Waals surface area contributed by atoms with E-state index in [4.69, 9.17) is 0 Å². The zero-order valence-electron chi connectivity index (χ0n) is 5.12. The van der Waals surface area contributed by atoms with Gasteiger partial charge < -0.3 is 4.18 Å². The Labute approximate surface area is 54.5 Å².